The lowest BCUT2D eigenvalue weighted by atomic mass is 10.1. The highest BCUT2D eigenvalue weighted by atomic mass is 32.1. The van der Waals surface area contributed by atoms with Crippen LogP contribution in [0.3, 0.4) is 0 Å². The lowest BCUT2D eigenvalue weighted by molar-refractivity contribution is 0.291. The lowest BCUT2D eigenvalue weighted by Gasteiger charge is -2.22. The number of phenols is 1. The molecular weight excluding hydrogens is 320 g/mol. The average Bonchev–Trinajstić information content (AvgIpc) is 2.50. The fraction of sp³-hybridized carbons (Fsp3) is 0.556. The van der Waals surface area contributed by atoms with E-state index < -0.39 is 0 Å². The summed E-state index contributed by atoms with van der Waals surface area (Å²) in [6.07, 6.45) is 0. The predicted molar refractivity (Wildman–Crippen MR) is 106 cm³/mol. The van der Waals surface area contributed by atoms with Gasteiger partial charge in [-0.2, -0.15) is 5.10 Å². The highest BCUT2D eigenvalue weighted by molar-refractivity contribution is 7.80. The molecule has 1 aromatic rings. The first-order valence-corrected chi connectivity index (χ1v) is 8.74. The van der Waals surface area contributed by atoms with Crippen molar-refractivity contribution in [3.63, 3.8) is 0 Å². The molecular formula is C18H30N4OS. The van der Waals surface area contributed by atoms with Crippen molar-refractivity contribution >= 4 is 23.0 Å². The molecule has 0 aliphatic heterocycles. The Balaban J connectivity index is 2.85. The molecule has 0 aliphatic rings. The van der Waals surface area contributed by atoms with Gasteiger partial charge in [-0.1, -0.05) is 13.8 Å². The maximum Gasteiger partial charge on any atom is 0.187 e. The molecule has 1 rings (SSSR count). The number of hydrazone groups is 1. The van der Waals surface area contributed by atoms with Crippen LogP contribution in [0.2, 0.25) is 0 Å². The molecule has 0 unspecified atom stereocenters. The van der Waals surface area contributed by atoms with Crippen molar-refractivity contribution in [1.82, 2.24) is 15.6 Å². The summed E-state index contributed by atoms with van der Waals surface area (Å²) in [6.45, 7) is 14.9. The summed E-state index contributed by atoms with van der Waals surface area (Å²) in [6, 6.07) is 5.56. The Kier molecular flexibility index (Phi) is 7.63. The minimum Gasteiger partial charge on any atom is -0.508 e. The van der Waals surface area contributed by atoms with E-state index in [0.717, 1.165) is 36.5 Å². The van der Waals surface area contributed by atoms with Gasteiger partial charge in [0.15, 0.2) is 5.11 Å². The van der Waals surface area contributed by atoms with Crippen LogP contribution >= 0.6 is 12.2 Å². The third-order valence-electron chi connectivity index (χ3n) is 3.60. The fourth-order valence-electron chi connectivity index (χ4n) is 2.19. The van der Waals surface area contributed by atoms with Crippen LogP contribution in [0.5, 0.6) is 5.75 Å². The van der Waals surface area contributed by atoms with Gasteiger partial charge < -0.3 is 10.4 Å². The standard InChI is InChI=1S/C18H30N4OS/c1-7-22(8-2)12-15-11-14(9-10-16(15)23)13(3)20-21-17(24)19-18(4,5)6/h9-11,23H,7-8,12H2,1-6H3,(H2,19,21,24)/b20-13+. The van der Waals surface area contributed by atoms with Gasteiger partial charge in [-0.05, 0) is 76.8 Å². The van der Waals surface area contributed by atoms with E-state index in [1.807, 2.05) is 39.8 Å². The Bertz CT molecular complexity index is 589. The molecule has 0 aliphatic carbocycles. The Labute approximate surface area is 151 Å². The van der Waals surface area contributed by atoms with Crippen LogP contribution in [-0.4, -0.2) is 39.5 Å². The summed E-state index contributed by atoms with van der Waals surface area (Å²) >= 11 is 5.23. The maximum absolute atomic E-state index is 10.1. The third kappa shape index (κ3) is 6.84. The topological polar surface area (TPSA) is 59.9 Å². The maximum atomic E-state index is 10.1. The minimum atomic E-state index is -0.108. The molecule has 5 nitrogen and oxygen atoms in total. The third-order valence-corrected chi connectivity index (χ3v) is 3.79. The first kappa shape index (κ1) is 20.4. The molecule has 0 saturated carbocycles. The van der Waals surface area contributed by atoms with Crippen LogP contribution in [-0.2, 0) is 6.54 Å². The highest BCUT2D eigenvalue weighted by Crippen LogP contribution is 2.20. The van der Waals surface area contributed by atoms with E-state index in [2.05, 4.69) is 34.6 Å². The number of hydrogen-bond acceptors (Lipinski definition) is 4. The van der Waals surface area contributed by atoms with Crippen LogP contribution in [0.15, 0.2) is 23.3 Å². The van der Waals surface area contributed by atoms with E-state index in [1.165, 1.54) is 0 Å². The quantitative estimate of drug-likeness (QED) is 0.418. The second kappa shape index (κ2) is 8.99. The average molecular weight is 351 g/mol. The van der Waals surface area contributed by atoms with E-state index in [9.17, 15) is 5.11 Å². The molecule has 134 valence electrons. The van der Waals surface area contributed by atoms with Gasteiger partial charge in [0.1, 0.15) is 5.75 Å². The van der Waals surface area contributed by atoms with Crippen LogP contribution in [0.25, 0.3) is 0 Å². The summed E-state index contributed by atoms with van der Waals surface area (Å²) in [5.41, 5.74) is 5.44. The first-order chi connectivity index (χ1) is 11.2. The number of aromatic hydroxyl groups is 1. The van der Waals surface area contributed by atoms with Crippen LogP contribution in [0.4, 0.5) is 0 Å². The molecule has 0 heterocycles. The van der Waals surface area contributed by atoms with E-state index in [4.69, 9.17) is 12.2 Å². The Morgan fingerprint density at radius 2 is 1.88 bits per heavy atom. The minimum absolute atomic E-state index is 0.108. The Morgan fingerprint density at radius 3 is 2.42 bits per heavy atom. The smallest absolute Gasteiger partial charge is 0.187 e. The van der Waals surface area contributed by atoms with Gasteiger partial charge in [0, 0.05) is 17.6 Å². The summed E-state index contributed by atoms with van der Waals surface area (Å²) in [5, 5.41) is 18.1. The summed E-state index contributed by atoms with van der Waals surface area (Å²) in [4.78, 5) is 2.26. The van der Waals surface area contributed by atoms with Gasteiger partial charge in [0.25, 0.3) is 0 Å². The Morgan fingerprint density at radius 1 is 1.25 bits per heavy atom. The first-order valence-electron chi connectivity index (χ1n) is 8.33. The van der Waals surface area contributed by atoms with Crippen LogP contribution < -0.4 is 10.7 Å². The van der Waals surface area contributed by atoms with Crippen molar-refractivity contribution in [2.45, 2.75) is 53.6 Å². The number of phenolic OH excluding ortho intramolecular Hbond substituents is 1. The van der Waals surface area contributed by atoms with Crippen molar-refractivity contribution in [3.05, 3.63) is 29.3 Å². The molecule has 0 atom stereocenters. The molecule has 0 saturated heterocycles. The highest BCUT2D eigenvalue weighted by Gasteiger charge is 2.11. The van der Waals surface area contributed by atoms with Gasteiger partial charge in [-0.15, -0.1) is 0 Å². The molecule has 0 fully saturated rings. The zero-order chi connectivity index (χ0) is 18.3. The molecule has 0 aromatic heterocycles. The predicted octanol–water partition coefficient (Wildman–Crippen LogP) is 3.22. The second-order valence-electron chi connectivity index (χ2n) is 6.82. The zero-order valence-corrected chi connectivity index (χ0v) is 16.4. The lowest BCUT2D eigenvalue weighted by Crippen LogP contribution is -2.44. The molecule has 0 radical (unpaired) electrons. The van der Waals surface area contributed by atoms with Crippen molar-refractivity contribution in [2.24, 2.45) is 5.10 Å². The molecule has 0 amide bonds. The number of nitrogens with one attached hydrogen (secondary N) is 2. The molecule has 24 heavy (non-hydrogen) atoms. The summed E-state index contributed by atoms with van der Waals surface area (Å²) in [7, 11) is 0. The van der Waals surface area contributed by atoms with Gasteiger partial charge in [0.05, 0.1) is 5.71 Å². The van der Waals surface area contributed by atoms with E-state index in [1.54, 1.807) is 6.07 Å². The fourth-order valence-corrected chi connectivity index (χ4v) is 2.54. The van der Waals surface area contributed by atoms with E-state index in [-0.39, 0.29) is 5.54 Å². The monoisotopic (exact) mass is 350 g/mol. The second-order valence-corrected chi connectivity index (χ2v) is 7.23. The van der Waals surface area contributed by atoms with Gasteiger partial charge >= 0.3 is 0 Å². The largest absolute Gasteiger partial charge is 0.508 e. The summed E-state index contributed by atoms with van der Waals surface area (Å²) in [5.74, 6) is 0.316. The van der Waals surface area contributed by atoms with Crippen LogP contribution in [0.1, 0.15) is 52.7 Å². The van der Waals surface area contributed by atoms with Crippen molar-refractivity contribution in [3.8, 4) is 5.75 Å². The summed E-state index contributed by atoms with van der Waals surface area (Å²) < 4.78 is 0. The van der Waals surface area contributed by atoms with Crippen molar-refractivity contribution < 1.29 is 5.11 Å². The molecule has 6 heteroatoms. The molecule has 0 bridgehead atoms. The normalized spacial score (nSPS) is 12.4. The zero-order valence-electron chi connectivity index (χ0n) is 15.6. The van der Waals surface area contributed by atoms with E-state index in [0.29, 0.717) is 10.9 Å². The van der Waals surface area contributed by atoms with Gasteiger partial charge in [-0.25, -0.2) is 0 Å². The number of nitrogens with zero attached hydrogens (tertiary/aromatic N) is 2. The van der Waals surface area contributed by atoms with Crippen molar-refractivity contribution in [2.75, 3.05) is 13.1 Å². The number of rotatable bonds is 6. The number of thiocarbonyl (C=S) groups is 1. The van der Waals surface area contributed by atoms with Crippen LogP contribution in [0, 0.1) is 0 Å². The van der Waals surface area contributed by atoms with E-state index >= 15 is 0 Å². The number of hydrogen-bond donors (Lipinski definition) is 3. The van der Waals surface area contributed by atoms with Gasteiger partial charge in [-0.3, -0.25) is 10.3 Å². The SMILES string of the molecule is CCN(CC)Cc1cc(/C(C)=N/NC(=S)NC(C)(C)C)ccc1O. The molecule has 1 aromatic carbocycles. The molecule has 3 N–H and O–H groups in total. The number of benzene rings is 1. The molecule has 0 spiro atoms. The van der Waals surface area contributed by atoms with Gasteiger partial charge in [0.2, 0.25) is 0 Å². The van der Waals surface area contributed by atoms with Crippen molar-refractivity contribution in [1.29, 1.82) is 0 Å². The Hall–Kier alpha value is -1.66.